The zero-order chi connectivity index (χ0) is 24.8. The van der Waals surface area contributed by atoms with Crippen LogP contribution in [0.25, 0.3) is 0 Å². The summed E-state index contributed by atoms with van der Waals surface area (Å²) in [5, 5.41) is 5.75. The molecule has 0 bridgehead atoms. The fourth-order valence-electron chi connectivity index (χ4n) is 5.32. The molecule has 0 aromatic rings. The van der Waals surface area contributed by atoms with E-state index in [1.807, 2.05) is 0 Å². The summed E-state index contributed by atoms with van der Waals surface area (Å²) in [7, 11) is 1.69. The van der Waals surface area contributed by atoms with Crippen LogP contribution < -0.4 is 10.6 Å². The van der Waals surface area contributed by atoms with Crippen LogP contribution in [0.4, 0.5) is 4.79 Å². The number of rotatable bonds is 13. The number of hydrogen-bond donors (Lipinski definition) is 2. The molecule has 1 aliphatic carbocycles. The van der Waals surface area contributed by atoms with E-state index in [0.717, 1.165) is 44.9 Å². The maximum atomic E-state index is 12.5. The Morgan fingerprint density at radius 1 is 1.15 bits per heavy atom. The van der Waals surface area contributed by atoms with Crippen molar-refractivity contribution in [2.45, 2.75) is 95.2 Å². The SMILES string of the molecule is COC1C(OC(=O)NCCCCCCNC(=O)CI)CC[C@]2(CO2)C1C1(C)O[C@@H]1CC=C(C)C. The smallest absolute Gasteiger partial charge is 0.407 e. The van der Waals surface area contributed by atoms with Gasteiger partial charge in [0.15, 0.2) is 0 Å². The Bertz CT molecular complexity index is 739. The second-order valence-electron chi connectivity index (χ2n) is 10.1. The average Bonchev–Trinajstić information content (AvgIpc) is 3.72. The highest BCUT2D eigenvalue weighted by atomic mass is 127. The average molecular weight is 593 g/mol. The van der Waals surface area contributed by atoms with Crippen molar-refractivity contribution >= 4 is 34.6 Å². The van der Waals surface area contributed by atoms with E-state index in [4.69, 9.17) is 18.9 Å². The van der Waals surface area contributed by atoms with Crippen LogP contribution in [0.3, 0.4) is 0 Å². The van der Waals surface area contributed by atoms with Crippen LogP contribution in [0.15, 0.2) is 11.6 Å². The number of amides is 2. The number of allylic oxidation sites excluding steroid dienone is 1. The molecule has 9 heteroatoms. The summed E-state index contributed by atoms with van der Waals surface area (Å²) in [4.78, 5) is 23.7. The Hall–Kier alpha value is -0.910. The first-order chi connectivity index (χ1) is 16.3. The van der Waals surface area contributed by atoms with Crippen LogP contribution in [-0.4, -0.2) is 72.7 Å². The number of carbonyl (C=O) groups is 2. The molecule has 0 radical (unpaired) electrons. The highest BCUT2D eigenvalue weighted by molar-refractivity contribution is 14.1. The normalized spacial score (nSPS) is 33.8. The van der Waals surface area contributed by atoms with Gasteiger partial charge in [-0.15, -0.1) is 0 Å². The molecule has 4 unspecified atom stereocenters. The van der Waals surface area contributed by atoms with Crippen LogP contribution in [0.1, 0.15) is 65.7 Å². The molecular weight excluding hydrogens is 551 g/mol. The lowest BCUT2D eigenvalue weighted by molar-refractivity contribution is -0.118. The number of unbranched alkanes of at least 4 members (excludes halogenated alkanes) is 3. The summed E-state index contributed by atoms with van der Waals surface area (Å²) in [6, 6.07) is 0. The predicted molar refractivity (Wildman–Crippen MR) is 138 cm³/mol. The van der Waals surface area contributed by atoms with Crippen molar-refractivity contribution < 1.29 is 28.5 Å². The Labute approximate surface area is 217 Å². The van der Waals surface area contributed by atoms with E-state index in [-0.39, 0.29) is 41.3 Å². The van der Waals surface area contributed by atoms with Gasteiger partial charge in [0.2, 0.25) is 5.91 Å². The Morgan fingerprint density at radius 2 is 1.82 bits per heavy atom. The first-order valence-corrected chi connectivity index (χ1v) is 14.0. The van der Waals surface area contributed by atoms with Crippen molar-refractivity contribution in [3.8, 4) is 0 Å². The molecule has 8 nitrogen and oxygen atoms in total. The number of ether oxygens (including phenoxy) is 4. The van der Waals surface area contributed by atoms with Crippen LogP contribution in [0, 0.1) is 5.92 Å². The number of alkyl halides is 1. The molecule has 34 heavy (non-hydrogen) atoms. The van der Waals surface area contributed by atoms with Crippen molar-refractivity contribution in [1.82, 2.24) is 10.6 Å². The molecule has 2 heterocycles. The van der Waals surface area contributed by atoms with Gasteiger partial charge in [-0.1, -0.05) is 47.1 Å². The van der Waals surface area contributed by atoms with E-state index < -0.39 is 6.09 Å². The summed E-state index contributed by atoms with van der Waals surface area (Å²) in [6.07, 6.45) is 7.65. The lowest BCUT2D eigenvalue weighted by Crippen LogP contribution is -2.56. The van der Waals surface area contributed by atoms with Gasteiger partial charge < -0.3 is 29.6 Å². The second-order valence-corrected chi connectivity index (χ2v) is 10.9. The highest BCUT2D eigenvalue weighted by Gasteiger charge is 2.72. The fourth-order valence-corrected chi connectivity index (χ4v) is 5.59. The quantitative estimate of drug-likeness (QED) is 0.111. The molecule has 3 fully saturated rings. The molecule has 2 saturated heterocycles. The van der Waals surface area contributed by atoms with Crippen LogP contribution in [0.2, 0.25) is 0 Å². The van der Waals surface area contributed by atoms with Crippen molar-refractivity contribution in [2.24, 2.45) is 5.92 Å². The van der Waals surface area contributed by atoms with Gasteiger partial charge in [0.05, 0.1) is 23.1 Å². The molecule has 3 aliphatic rings. The third-order valence-electron chi connectivity index (χ3n) is 7.31. The van der Waals surface area contributed by atoms with Crippen LogP contribution >= 0.6 is 22.6 Å². The van der Waals surface area contributed by atoms with Gasteiger partial charge in [0.25, 0.3) is 0 Å². The summed E-state index contributed by atoms with van der Waals surface area (Å²) in [5.74, 6) is 0.106. The minimum absolute atomic E-state index is 0.0276. The van der Waals surface area contributed by atoms with Gasteiger partial charge in [-0.25, -0.2) is 4.79 Å². The Kier molecular flexibility index (Phi) is 10.1. The zero-order valence-corrected chi connectivity index (χ0v) is 23.1. The largest absolute Gasteiger partial charge is 0.443 e. The molecule has 1 spiro atoms. The lowest BCUT2D eigenvalue weighted by atomic mass is 9.68. The van der Waals surface area contributed by atoms with Gasteiger partial charge in [-0.3, -0.25) is 4.79 Å². The number of methoxy groups -OCH3 is 1. The standard InChI is InChI=1S/C25H41IN2O6/c1-17(2)9-10-19-24(3,34-19)22-21(31-4)18(11-12-25(22)16-32-25)33-23(30)28-14-8-6-5-7-13-27-20(29)15-26/h9,18-19,21-22H,5-8,10-16H2,1-4H3,(H,27,29)(H,28,30)/t18?,19-,21?,22?,24?,25+/m1/s1. The van der Waals surface area contributed by atoms with Crippen molar-refractivity contribution in [1.29, 1.82) is 0 Å². The third-order valence-corrected chi connectivity index (χ3v) is 8.00. The first-order valence-electron chi connectivity index (χ1n) is 12.5. The molecule has 6 atom stereocenters. The van der Waals surface area contributed by atoms with E-state index in [9.17, 15) is 9.59 Å². The van der Waals surface area contributed by atoms with E-state index in [1.54, 1.807) is 7.11 Å². The number of alkyl carbamates (subject to hydrolysis) is 1. The molecule has 3 rings (SSSR count). The maximum Gasteiger partial charge on any atom is 0.407 e. The Balaban J connectivity index is 1.43. The van der Waals surface area contributed by atoms with Crippen molar-refractivity contribution in [3.63, 3.8) is 0 Å². The third kappa shape index (κ3) is 7.07. The number of hydrogen-bond acceptors (Lipinski definition) is 6. The van der Waals surface area contributed by atoms with E-state index >= 15 is 0 Å². The number of halogens is 1. The molecule has 2 amide bonds. The van der Waals surface area contributed by atoms with Crippen molar-refractivity contribution in [2.75, 3.05) is 31.2 Å². The number of carbonyl (C=O) groups excluding carboxylic acids is 2. The molecule has 1 saturated carbocycles. The van der Waals surface area contributed by atoms with Gasteiger partial charge in [0, 0.05) is 20.2 Å². The van der Waals surface area contributed by atoms with Gasteiger partial charge >= 0.3 is 6.09 Å². The monoisotopic (exact) mass is 592 g/mol. The van der Waals surface area contributed by atoms with Crippen LogP contribution in [-0.2, 0) is 23.7 Å². The summed E-state index contributed by atoms with van der Waals surface area (Å²) in [6.45, 7) is 8.34. The number of nitrogens with one attached hydrogen (secondary N) is 2. The van der Waals surface area contributed by atoms with Crippen molar-refractivity contribution in [3.05, 3.63) is 11.6 Å². The predicted octanol–water partition coefficient (Wildman–Crippen LogP) is 3.90. The number of epoxide rings is 2. The van der Waals surface area contributed by atoms with E-state index in [0.29, 0.717) is 24.1 Å². The summed E-state index contributed by atoms with van der Waals surface area (Å²) < 4.78 is 24.4. The minimum atomic E-state index is -0.393. The van der Waals surface area contributed by atoms with E-state index in [1.165, 1.54) is 5.57 Å². The molecule has 0 aromatic heterocycles. The molecular formula is C25H41IN2O6. The Morgan fingerprint density at radius 3 is 2.41 bits per heavy atom. The molecule has 2 N–H and O–H groups in total. The first kappa shape index (κ1) is 27.7. The second kappa shape index (κ2) is 12.4. The summed E-state index contributed by atoms with van der Waals surface area (Å²) in [5.41, 5.74) is 0.725. The van der Waals surface area contributed by atoms with Gasteiger partial charge in [0.1, 0.15) is 23.4 Å². The molecule has 0 aromatic carbocycles. The molecule has 194 valence electrons. The summed E-state index contributed by atoms with van der Waals surface area (Å²) >= 11 is 2.05. The fraction of sp³-hybridized carbons (Fsp3) is 0.840. The lowest BCUT2D eigenvalue weighted by Gasteiger charge is -2.42. The topological polar surface area (TPSA) is 102 Å². The van der Waals surface area contributed by atoms with E-state index in [2.05, 4.69) is 60.1 Å². The van der Waals surface area contributed by atoms with Gasteiger partial charge in [-0.05, 0) is 52.9 Å². The molecule has 2 aliphatic heterocycles. The highest BCUT2D eigenvalue weighted by Crippen LogP contribution is 2.59. The maximum absolute atomic E-state index is 12.5. The zero-order valence-electron chi connectivity index (χ0n) is 21.0. The minimum Gasteiger partial charge on any atom is -0.443 e. The van der Waals surface area contributed by atoms with Gasteiger partial charge in [-0.2, -0.15) is 0 Å². The van der Waals surface area contributed by atoms with Crippen LogP contribution in [0.5, 0.6) is 0 Å².